The quantitative estimate of drug-likeness (QED) is 0.782. The van der Waals surface area contributed by atoms with Gasteiger partial charge in [0.15, 0.2) is 0 Å². The largest absolute Gasteiger partial charge is 0.335 e. The Hall–Kier alpha value is -1.33. The lowest BCUT2D eigenvalue weighted by atomic mass is 10.1. The van der Waals surface area contributed by atoms with E-state index in [9.17, 15) is 9.18 Å². The minimum atomic E-state index is -0.310. The molecule has 1 aliphatic rings. The average molecular weight is 288 g/mol. The van der Waals surface area contributed by atoms with Crippen LogP contribution in [0.1, 0.15) is 18.4 Å². The molecule has 1 saturated heterocycles. The zero-order valence-corrected chi connectivity index (χ0v) is 11.6. The SMILES string of the molecule is Cc1ccc(NC(=O)NC2CCNCC2)cc1F.Cl. The van der Waals surface area contributed by atoms with Crippen molar-refractivity contribution in [1.29, 1.82) is 0 Å². The van der Waals surface area contributed by atoms with Gasteiger partial charge < -0.3 is 16.0 Å². The number of halogens is 2. The molecular weight excluding hydrogens is 269 g/mol. The highest BCUT2D eigenvalue weighted by Crippen LogP contribution is 2.13. The number of hydrogen-bond acceptors (Lipinski definition) is 2. The lowest BCUT2D eigenvalue weighted by Gasteiger charge is -2.23. The van der Waals surface area contributed by atoms with Gasteiger partial charge in [0, 0.05) is 11.7 Å². The Kier molecular flexibility index (Phi) is 6.05. The predicted octanol–water partition coefficient (Wildman–Crippen LogP) is 2.43. The molecule has 19 heavy (non-hydrogen) atoms. The van der Waals surface area contributed by atoms with E-state index in [4.69, 9.17) is 0 Å². The molecule has 1 heterocycles. The number of rotatable bonds is 2. The van der Waals surface area contributed by atoms with Crippen LogP contribution in [-0.2, 0) is 0 Å². The van der Waals surface area contributed by atoms with Crippen LogP contribution in [0.25, 0.3) is 0 Å². The van der Waals surface area contributed by atoms with Crippen LogP contribution < -0.4 is 16.0 Å². The Balaban J connectivity index is 0.00000180. The van der Waals surface area contributed by atoms with Crippen molar-refractivity contribution in [2.24, 2.45) is 0 Å². The molecule has 1 aromatic rings. The Morgan fingerprint density at radius 1 is 1.37 bits per heavy atom. The molecule has 0 spiro atoms. The molecule has 2 rings (SSSR count). The van der Waals surface area contributed by atoms with E-state index in [-0.39, 0.29) is 30.3 Å². The number of aryl methyl sites for hydroxylation is 1. The fourth-order valence-corrected chi connectivity index (χ4v) is 1.99. The van der Waals surface area contributed by atoms with Gasteiger partial charge in [-0.3, -0.25) is 0 Å². The first kappa shape index (κ1) is 15.7. The Morgan fingerprint density at radius 2 is 2.05 bits per heavy atom. The highest BCUT2D eigenvalue weighted by Gasteiger charge is 2.15. The van der Waals surface area contributed by atoms with Gasteiger partial charge in [-0.2, -0.15) is 0 Å². The predicted molar refractivity (Wildman–Crippen MR) is 76.4 cm³/mol. The summed E-state index contributed by atoms with van der Waals surface area (Å²) in [7, 11) is 0. The number of amides is 2. The van der Waals surface area contributed by atoms with Crippen molar-refractivity contribution in [3.8, 4) is 0 Å². The highest BCUT2D eigenvalue weighted by atomic mass is 35.5. The van der Waals surface area contributed by atoms with Crippen LogP contribution in [0.4, 0.5) is 14.9 Å². The molecule has 2 amide bonds. The van der Waals surface area contributed by atoms with Gasteiger partial charge in [0.2, 0.25) is 0 Å². The highest BCUT2D eigenvalue weighted by molar-refractivity contribution is 5.89. The second-order valence-electron chi connectivity index (χ2n) is 4.59. The van der Waals surface area contributed by atoms with Gasteiger partial charge in [-0.15, -0.1) is 12.4 Å². The van der Waals surface area contributed by atoms with Gasteiger partial charge in [-0.1, -0.05) is 6.07 Å². The second kappa shape index (κ2) is 7.31. The third-order valence-corrected chi connectivity index (χ3v) is 3.10. The maximum atomic E-state index is 13.3. The van der Waals surface area contributed by atoms with E-state index in [0.29, 0.717) is 11.3 Å². The summed E-state index contributed by atoms with van der Waals surface area (Å²) in [4.78, 5) is 11.7. The number of carbonyl (C=O) groups excluding carboxylic acids is 1. The van der Waals surface area contributed by atoms with Crippen molar-refractivity contribution in [2.45, 2.75) is 25.8 Å². The number of nitrogens with one attached hydrogen (secondary N) is 3. The first-order valence-corrected chi connectivity index (χ1v) is 6.19. The molecule has 4 nitrogen and oxygen atoms in total. The standard InChI is InChI=1S/C13H18FN3O.ClH/c1-9-2-3-11(8-12(9)14)17-13(18)16-10-4-6-15-7-5-10;/h2-3,8,10,15H,4-7H2,1H3,(H2,16,17,18);1H. The molecule has 0 bridgehead atoms. The summed E-state index contributed by atoms with van der Waals surface area (Å²) in [5, 5.41) is 8.77. The summed E-state index contributed by atoms with van der Waals surface area (Å²) in [6, 6.07) is 4.60. The van der Waals surface area contributed by atoms with Crippen LogP contribution in [0.3, 0.4) is 0 Å². The number of piperidine rings is 1. The number of carbonyl (C=O) groups is 1. The average Bonchev–Trinajstić information content (AvgIpc) is 2.35. The summed E-state index contributed by atoms with van der Waals surface area (Å²) in [5.74, 6) is -0.310. The molecule has 6 heteroatoms. The lowest BCUT2D eigenvalue weighted by molar-refractivity contribution is 0.245. The smallest absolute Gasteiger partial charge is 0.319 e. The van der Waals surface area contributed by atoms with Crippen LogP contribution in [-0.4, -0.2) is 25.2 Å². The molecule has 1 aromatic carbocycles. The number of benzene rings is 1. The fourth-order valence-electron chi connectivity index (χ4n) is 1.99. The molecule has 0 aromatic heterocycles. The number of hydrogen-bond donors (Lipinski definition) is 3. The number of anilines is 1. The molecule has 0 radical (unpaired) electrons. The van der Waals surface area contributed by atoms with Crippen molar-refractivity contribution in [3.05, 3.63) is 29.6 Å². The van der Waals surface area contributed by atoms with Gasteiger partial charge in [0.1, 0.15) is 5.82 Å². The van der Waals surface area contributed by atoms with Crippen molar-refractivity contribution in [1.82, 2.24) is 10.6 Å². The Labute approximate surface area is 118 Å². The van der Waals surface area contributed by atoms with Gasteiger partial charge in [-0.05, 0) is 50.6 Å². The summed E-state index contributed by atoms with van der Waals surface area (Å²) < 4.78 is 13.3. The lowest BCUT2D eigenvalue weighted by Crippen LogP contribution is -2.44. The van der Waals surface area contributed by atoms with E-state index in [1.807, 2.05) is 0 Å². The van der Waals surface area contributed by atoms with Crippen molar-refractivity contribution < 1.29 is 9.18 Å². The normalized spacial score (nSPS) is 15.5. The van der Waals surface area contributed by atoms with Crippen molar-refractivity contribution in [3.63, 3.8) is 0 Å². The summed E-state index contributed by atoms with van der Waals surface area (Å²) in [6.07, 6.45) is 1.85. The van der Waals surface area contributed by atoms with Crippen molar-refractivity contribution in [2.75, 3.05) is 18.4 Å². The second-order valence-corrected chi connectivity index (χ2v) is 4.59. The minimum Gasteiger partial charge on any atom is -0.335 e. The van der Waals surface area contributed by atoms with Crippen molar-refractivity contribution >= 4 is 24.1 Å². The van der Waals surface area contributed by atoms with Gasteiger partial charge in [-0.25, -0.2) is 9.18 Å². The zero-order valence-electron chi connectivity index (χ0n) is 10.8. The maximum Gasteiger partial charge on any atom is 0.319 e. The molecular formula is C13H19ClFN3O. The third-order valence-electron chi connectivity index (χ3n) is 3.10. The van der Waals surface area contributed by atoms with Crippen LogP contribution in [0.15, 0.2) is 18.2 Å². The van der Waals surface area contributed by atoms with E-state index in [0.717, 1.165) is 25.9 Å². The first-order valence-electron chi connectivity index (χ1n) is 6.19. The van der Waals surface area contributed by atoms with E-state index < -0.39 is 0 Å². The molecule has 1 fully saturated rings. The van der Waals surface area contributed by atoms with Crippen LogP contribution >= 0.6 is 12.4 Å². The Bertz CT molecular complexity index is 436. The summed E-state index contributed by atoms with van der Waals surface area (Å²) in [6.45, 7) is 3.53. The molecule has 0 saturated carbocycles. The molecule has 0 atom stereocenters. The Morgan fingerprint density at radius 3 is 2.68 bits per heavy atom. The molecule has 106 valence electrons. The molecule has 3 N–H and O–H groups in total. The third kappa shape index (κ3) is 4.69. The zero-order chi connectivity index (χ0) is 13.0. The number of urea groups is 1. The van der Waals surface area contributed by atoms with Gasteiger partial charge in [0.25, 0.3) is 0 Å². The molecule has 1 aliphatic heterocycles. The van der Waals surface area contributed by atoms with E-state index in [1.54, 1.807) is 19.1 Å². The van der Waals surface area contributed by atoms with Gasteiger partial charge in [0.05, 0.1) is 0 Å². The van der Waals surface area contributed by atoms with Gasteiger partial charge >= 0.3 is 6.03 Å². The van der Waals surface area contributed by atoms with E-state index in [1.165, 1.54) is 6.07 Å². The minimum absolute atomic E-state index is 0. The van der Waals surface area contributed by atoms with Crippen LogP contribution in [0.2, 0.25) is 0 Å². The molecule has 0 aliphatic carbocycles. The fraction of sp³-hybridized carbons (Fsp3) is 0.462. The monoisotopic (exact) mass is 287 g/mol. The summed E-state index contributed by atoms with van der Waals surface area (Å²) in [5.41, 5.74) is 1.05. The maximum absolute atomic E-state index is 13.3. The summed E-state index contributed by atoms with van der Waals surface area (Å²) >= 11 is 0. The molecule has 0 unspecified atom stereocenters. The van der Waals surface area contributed by atoms with E-state index >= 15 is 0 Å². The first-order chi connectivity index (χ1) is 8.65. The van der Waals surface area contributed by atoms with Crippen LogP contribution in [0, 0.1) is 12.7 Å². The topological polar surface area (TPSA) is 53.2 Å². The van der Waals surface area contributed by atoms with Crippen LogP contribution in [0.5, 0.6) is 0 Å². The van der Waals surface area contributed by atoms with E-state index in [2.05, 4.69) is 16.0 Å².